The van der Waals surface area contributed by atoms with Crippen LogP contribution in [0.15, 0.2) is 40.9 Å². The van der Waals surface area contributed by atoms with Crippen LogP contribution in [0.25, 0.3) is 22.2 Å². The van der Waals surface area contributed by atoms with Crippen molar-refractivity contribution in [1.82, 2.24) is 14.7 Å². The van der Waals surface area contributed by atoms with Crippen molar-refractivity contribution in [1.29, 1.82) is 0 Å². The maximum atomic E-state index is 13.8. The lowest BCUT2D eigenvalue weighted by Crippen LogP contribution is -2.26. The highest BCUT2D eigenvalue weighted by Gasteiger charge is 2.28. The van der Waals surface area contributed by atoms with E-state index in [0.717, 1.165) is 33.9 Å². The molecule has 1 aliphatic heterocycles. The zero-order chi connectivity index (χ0) is 23.3. The van der Waals surface area contributed by atoms with Crippen LogP contribution in [0.3, 0.4) is 0 Å². The number of hydrogen-bond donors (Lipinski definition) is 0. The molecule has 3 heterocycles. The van der Waals surface area contributed by atoms with Crippen molar-refractivity contribution < 1.29 is 21.7 Å². The zero-order valence-corrected chi connectivity index (χ0v) is 19.1. The Balaban J connectivity index is 1.62. The first-order valence-corrected chi connectivity index (χ1v) is 12.6. The number of fused-ring (bicyclic) bond motifs is 1. The molecule has 0 radical (unpaired) electrons. The predicted molar refractivity (Wildman–Crippen MR) is 121 cm³/mol. The molecule has 172 valence electrons. The normalized spacial score (nSPS) is 16.5. The van der Waals surface area contributed by atoms with Gasteiger partial charge in [0.1, 0.15) is 21.4 Å². The fourth-order valence-corrected chi connectivity index (χ4v) is 6.17. The van der Waals surface area contributed by atoms with Gasteiger partial charge in [-0.1, -0.05) is 17.3 Å². The van der Waals surface area contributed by atoms with Gasteiger partial charge in [0.05, 0.1) is 28.2 Å². The molecule has 0 amide bonds. The molecule has 4 aromatic rings. The van der Waals surface area contributed by atoms with Gasteiger partial charge in [0.2, 0.25) is 0 Å². The molecular formula is C24H23F2N3O3S. The summed E-state index contributed by atoms with van der Waals surface area (Å²) in [5, 5.41) is 4.03. The van der Waals surface area contributed by atoms with E-state index >= 15 is 0 Å². The molecule has 1 saturated heterocycles. The lowest BCUT2D eigenvalue weighted by atomic mass is 10.0. The monoisotopic (exact) mass is 471 g/mol. The summed E-state index contributed by atoms with van der Waals surface area (Å²) in [6.07, 6.45) is 1.28. The molecule has 1 fully saturated rings. The predicted octanol–water partition coefficient (Wildman–Crippen LogP) is 4.93. The van der Waals surface area contributed by atoms with Crippen LogP contribution in [-0.4, -0.2) is 34.6 Å². The van der Waals surface area contributed by atoms with Gasteiger partial charge in [0, 0.05) is 18.0 Å². The van der Waals surface area contributed by atoms with E-state index < -0.39 is 21.5 Å². The Bertz CT molecular complexity index is 1440. The van der Waals surface area contributed by atoms with E-state index in [4.69, 9.17) is 9.51 Å². The van der Waals surface area contributed by atoms with Crippen LogP contribution in [0, 0.1) is 25.5 Å². The molecule has 2 aromatic heterocycles. The number of rotatable bonds is 4. The third-order valence-electron chi connectivity index (χ3n) is 6.32. The van der Waals surface area contributed by atoms with E-state index in [-0.39, 0.29) is 17.5 Å². The molecule has 6 nitrogen and oxygen atoms in total. The molecule has 0 atom stereocenters. The summed E-state index contributed by atoms with van der Waals surface area (Å²) < 4.78 is 58.6. The van der Waals surface area contributed by atoms with Gasteiger partial charge in [-0.2, -0.15) is 0 Å². The van der Waals surface area contributed by atoms with Crippen LogP contribution in [-0.2, 0) is 16.3 Å². The SMILES string of the molecule is Cc1noc(C)c1-c1ccc2c(c1)nc(Cc1ccc(F)c(F)c1)n2C1CCS(=O)(=O)CC1. The molecule has 0 bridgehead atoms. The summed E-state index contributed by atoms with van der Waals surface area (Å²) in [5.74, 6) is -0.145. The first kappa shape index (κ1) is 21.8. The third-order valence-corrected chi connectivity index (χ3v) is 8.04. The minimum Gasteiger partial charge on any atom is -0.361 e. The van der Waals surface area contributed by atoms with E-state index in [9.17, 15) is 17.2 Å². The Kier molecular flexibility index (Phi) is 5.31. The fourth-order valence-electron chi connectivity index (χ4n) is 4.70. The first-order valence-electron chi connectivity index (χ1n) is 10.8. The molecule has 33 heavy (non-hydrogen) atoms. The quantitative estimate of drug-likeness (QED) is 0.422. The summed E-state index contributed by atoms with van der Waals surface area (Å²) in [6, 6.07) is 9.72. The van der Waals surface area contributed by atoms with E-state index in [1.807, 2.05) is 32.0 Å². The van der Waals surface area contributed by atoms with Crippen molar-refractivity contribution in [3.05, 3.63) is 70.9 Å². The second-order valence-corrected chi connectivity index (χ2v) is 10.9. The minimum atomic E-state index is -3.03. The lowest BCUT2D eigenvalue weighted by Gasteiger charge is -2.26. The van der Waals surface area contributed by atoms with Crippen molar-refractivity contribution in [3.63, 3.8) is 0 Å². The average molecular weight is 472 g/mol. The minimum absolute atomic E-state index is 0.0382. The number of aromatic nitrogens is 3. The number of halogens is 2. The van der Waals surface area contributed by atoms with E-state index in [1.165, 1.54) is 6.07 Å². The summed E-state index contributed by atoms with van der Waals surface area (Å²) in [5.41, 5.74) is 4.85. The second kappa shape index (κ2) is 8.06. The van der Waals surface area contributed by atoms with Gasteiger partial charge < -0.3 is 9.09 Å². The van der Waals surface area contributed by atoms with Crippen LogP contribution in [0.5, 0.6) is 0 Å². The first-order chi connectivity index (χ1) is 15.7. The lowest BCUT2D eigenvalue weighted by molar-refractivity contribution is 0.393. The van der Waals surface area contributed by atoms with Gasteiger partial charge in [-0.05, 0) is 62.1 Å². The van der Waals surface area contributed by atoms with Crippen LogP contribution in [0.1, 0.15) is 41.7 Å². The van der Waals surface area contributed by atoms with Gasteiger partial charge in [-0.15, -0.1) is 0 Å². The molecule has 0 unspecified atom stereocenters. The van der Waals surface area contributed by atoms with Gasteiger partial charge in [-0.25, -0.2) is 22.2 Å². The number of benzene rings is 2. The van der Waals surface area contributed by atoms with Gasteiger partial charge in [0.15, 0.2) is 11.6 Å². The molecule has 5 rings (SSSR count). The van der Waals surface area contributed by atoms with Crippen LogP contribution in [0.4, 0.5) is 8.78 Å². The Morgan fingerprint density at radius 1 is 1.06 bits per heavy atom. The number of aryl methyl sites for hydroxylation is 2. The van der Waals surface area contributed by atoms with Crippen molar-refractivity contribution >= 4 is 20.9 Å². The van der Waals surface area contributed by atoms with Gasteiger partial charge in [0.25, 0.3) is 0 Å². The number of imidazole rings is 1. The Hall–Kier alpha value is -3.07. The largest absolute Gasteiger partial charge is 0.361 e. The number of sulfone groups is 1. The van der Waals surface area contributed by atoms with Crippen molar-refractivity contribution in [2.45, 2.75) is 39.2 Å². The van der Waals surface area contributed by atoms with E-state index in [2.05, 4.69) is 9.72 Å². The average Bonchev–Trinajstić information content (AvgIpc) is 3.29. The fraction of sp³-hybridized carbons (Fsp3) is 0.333. The molecule has 9 heteroatoms. The Labute approximate surface area is 190 Å². The Morgan fingerprint density at radius 3 is 2.48 bits per heavy atom. The summed E-state index contributed by atoms with van der Waals surface area (Å²) >= 11 is 0. The van der Waals surface area contributed by atoms with Crippen LogP contribution >= 0.6 is 0 Å². The molecular weight excluding hydrogens is 448 g/mol. The smallest absolute Gasteiger partial charge is 0.159 e. The maximum Gasteiger partial charge on any atom is 0.159 e. The standard InChI is InChI=1S/C24H23F2N3O3S/c1-14-24(15(2)32-28-14)17-4-6-22-21(13-17)27-23(12-16-3-5-19(25)20(26)11-16)29(22)18-7-9-33(30,31)10-8-18/h3-6,11,13,18H,7-10,12H2,1-2H3. The molecule has 0 saturated carbocycles. The Morgan fingerprint density at radius 2 is 1.82 bits per heavy atom. The summed E-state index contributed by atoms with van der Waals surface area (Å²) in [6.45, 7) is 3.74. The molecule has 0 aliphatic carbocycles. The van der Waals surface area contributed by atoms with E-state index in [1.54, 1.807) is 6.07 Å². The van der Waals surface area contributed by atoms with Crippen molar-refractivity contribution in [2.24, 2.45) is 0 Å². The van der Waals surface area contributed by atoms with E-state index in [0.29, 0.717) is 36.4 Å². The van der Waals surface area contributed by atoms with Crippen LogP contribution in [0.2, 0.25) is 0 Å². The topological polar surface area (TPSA) is 78.0 Å². The molecule has 0 N–H and O–H groups in total. The highest BCUT2D eigenvalue weighted by atomic mass is 32.2. The third kappa shape index (κ3) is 4.06. The second-order valence-electron chi connectivity index (χ2n) is 8.61. The summed E-state index contributed by atoms with van der Waals surface area (Å²) in [4.78, 5) is 4.85. The molecule has 0 spiro atoms. The summed E-state index contributed by atoms with van der Waals surface area (Å²) in [7, 11) is -3.03. The number of hydrogen-bond acceptors (Lipinski definition) is 5. The van der Waals surface area contributed by atoms with Gasteiger partial charge >= 0.3 is 0 Å². The molecule has 1 aliphatic rings. The maximum absolute atomic E-state index is 13.8. The zero-order valence-electron chi connectivity index (χ0n) is 18.3. The highest BCUT2D eigenvalue weighted by molar-refractivity contribution is 7.91. The van der Waals surface area contributed by atoms with Gasteiger partial charge in [-0.3, -0.25) is 0 Å². The van der Waals surface area contributed by atoms with Crippen molar-refractivity contribution in [3.8, 4) is 11.1 Å². The molecule has 2 aromatic carbocycles. The highest BCUT2D eigenvalue weighted by Crippen LogP contribution is 2.34. The number of nitrogens with zero attached hydrogens (tertiary/aromatic N) is 3. The van der Waals surface area contributed by atoms with Crippen molar-refractivity contribution in [2.75, 3.05) is 11.5 Å². The van der Waals surface area contributed by atoms with Crippen LogP contribution < -0.4 is 0 Å².